The molecular formula is C25H31NO7. The SMILES string of the molecule is CC(CO)(CO)C(=O)Oc1ccc2c3c1O[C@H]1C(=O)CC[C@@]4(O)[C@@H](C2)N(CC2CC2)CC[C@]314. The number of hydrogen-bond acceptors (Lipinski definition) is 8. The fourth-order valence-electron chi connectivity index (χ4n) is 6.74. The lowest BCUT2D eigenvalue weighted by Crippen LogP contribution is -2.76. The number of aliphatic hydroxyl groups is 3. The van der Waals surface area contributed by atoms with Gasteiger partial charge in [-0.25, -0.2) is 0 Å². The summed E-state index contributed by atoms with van der Waals surface area (Å²) < 4.78 is 11.9. The molecular weight excluding hydrogens is 426 g/mol. The lowest BCUT2D eigenvalue weighted by Gasteiger charge is -2.62. The van der Waals surface area contributed by atoms with Gasteiger partial charge in [0.05, 0.1) is 24.2 Å². The number of nitrogens with zero attached hydrogens (tertiary/aromatic N) is 1. The Morgan fingerprint density at radius 1 is 1.27 bits per heavy atom. The molecule has 5 aliphatic rings. The Hall–Kier alpha value is -2.00. The predicted octanol–water partition coefficient (Wildman–Crippen LogP) is 0.716. The molecule has 3 N–H and O–H groups in total. The highest BCUT2D eigenvalue weighted by Gasteiger charge is 2.73. The van der Waals surface area contributed by atoms with Gasteiger partial charge in [0.25, 0.3) is 0 Å². The van der Waals surface area contributed by atoms with Gasteiger partial charge >= 0.3 is 5.97 Å². The Kier molecular flexibility index (Phi) is 4.57. The largest absolute Gasteiger partial charge is 0.477 e. The van der Waals surface area contributed by atoms with Crippen LogP contribution in [0.4, 0.5) is 0 Å². The van der Waals surface area contributed by atoms with Gasteiger partial charge in [0.15, 0.2) is 23.4 Å². The Morgan fingerprint density at radius 2 is 2.03 bits per heavy atom. The lowest BCUT2D eigenvalue weighted by atomic mass is 9.49. The average molecular weight is 458 g/mol. The Bertz CT molecular complexity index is 1030. The van der Waals surface area contributed by atoms with Crippen LogP contribution in [0, 0.1) is 11.3 Å². The smallest absolute Gasteiger partial charge is 0.322 e. The third kappa shape index (κ3) is 2.72. The van der Waals surface area contributed by atoms with Crippen molar-refractivity contribution < 1.29 is 34.4 Å². The number of Topliss-reactive ketones (excluding diaryl/α,β-unsaturated/α-hetero) is 1. The fraction of sp³-hybridized carbons (Fsp3) is 0.680. The van der Waals surface area contributed by atoms with Gasteiger partial charge < -0.3 is 24.8 Å². The molecule has 2 bridgehead atoms. The van der Waals surface area contributed by atoms with Crippen LogP contribution in [0.25, 0.3) is 0 Å². The summed E-state index contributed by atoms with van der Waals surface area (Å²) in [6.45, 7) is 2.09. The number of esters is 1. The first-order valence-corrected chi connectivity index (χ1v) is 12.0. The maximum absolute atomic E-state index is 13.1. The minimum atomic E-state index is -1.46. The van der Waals surface area contributed by atoms with Crippen molar-refractivity contribution in [2.24, 2.45) is 11.3 Å². The van der Waals surface area contributed by atoms with Gasteiger partial charge in [0.2, 0.25) is 0 Å². The predicted molar refractivity (Wildman–Crippen MR) is 116 cm³/mol. The molecule has 2 heterocycles. The number of ether oxygens (including phenoxy) is 2. The molecule has 1 aromatic rings. The quantitative estimate of drug-likeness (QED) is 0.423. The number of carbonyl (C=O) groups is 2. The van der Waals surface area contributed by atoms with E-state index < -0.39 is 41.7 Å². The van der Waals surface area contributed by atoms with Gasteiger partial charge in [-0.05, 0) is 63.1 Å². The summed E-state index contributed by atoms with van der Waals surface area (Å²) in [4.78, 5) is 28.3. The molecule has 1 aromatic carbocycles. The summed E-state index contributed by atoms with van der Waals surface area (Å²) in [5.74, 6) is 0.436. The zero-order chi connectivity index (χ0) is 23.2. The number of benzene rings is 1. The van der Waals surface area contributed by atoms with Gasteiger partial charge in [-0.15, -0.1) is 0 Å². The van der Waals surface area contributed by atoms with Crippen molar-refractivity contribution in [3.63, 3.8) is 0 Å². The molecule has 1 saturated heterocycles. The number of ketones is 1. The molecule has 2 saturated carbocycles. The van der Waals surface area contributed by atoms with Crippen molar-refractivity contribution >= 4 is 11.8 Å². The van der Waals surface area contributed by atoms with Crippen molar-refractivity contribution in [3.8, 4) is 11.5 Å². The summed E-state index contributed by atoms with van der Waals surface area (Å²) in [6, 6.07) is 3.52. The van der Waals surface area contributed by atoms with E-state index in [2.05, 4.69) is 4.90 Å². The maximum Gasteiger partial charge on any atom is 0.322 e. The van der Waals surface area contributed by atoms with E-state index in [9.17, 15) is 24.9 Å². The normalized spacial score (nSPS) is 34.6. The van der Waals surface area contributed by atoms with Crippen molar-refractivity contribution in [3.05, 3.63) is 23.3 Å². The van der Waals surface area contributed by atoms with Crippen LogP contribution in [0.15, 0.2) is 12.1 Å². The van der Waals surface area contributed by atoms with E-state index in [0.29, 0.717) is 30.9 Å². The first-order valence-electron chi connectivity index (χ1n) is 12.0. The lowest BCUT2D eigenvalue weighted by molar-refractivity contribution is -0.188. The van der Waals surface area contributed by atoms with Crippen molar-refractivity contribution in [2.75, 3.05) is 26.3 Å². The summed E-state index contributed by atoms with van der Waals surface area (Å²) in [5, 5.41) is 31.4. The van der Waals surface area contributed by atoms with Gasteiger partial charge in [-0.2, -0.15) is 0 Å². The van der Waals surface area contributed by atoms with Crippen LogP contribution in [-0.2, 0) is 21.4 Å². The maximum atomic E-state index is 13.1. The van der Waals surface area contributed by atoms with E-state index in [1.165, 1.54) is 19.8 Å². The summed E-state index contributed by atoms with van der Waals surface area (Å²) in [7, 11) is 0. The van der Waals surface area contributed by atoms with E-state index in [-0.39, 0.29) is 24.0 Å². The number of carbonyl (C=O) groups excluding carboxylic acids is 2. The second-order valence-electron chi connectivity index (χ2n) is 11.0. The molecule has 0 unspecified atom stereocenters. The monoisotopic (exact) mass is 457 g/mol. The zero-order valence-electron chi connectivity index (χ0n) is 18.9. The average Bonchev–Trinajstić information content (AvgIpc) is 3.55. The fourth-order valence-corrected chi connectivity index (χ4v) is 6.74. The van der Waals surface area contributed by atoms with Crippen molar-refractivity contribution in [1.82, 2.24) is 4.90 Å². The highest BCUT2D eigenvalue weighted by Crippen LogP contribution is 2.65. The van der Waals surface area contributed by atoms with Crippen LogP contribution in [0.1, 0.15) is 50.2 Å². The van der Waals surface area contributed by atoms with Crippen LogP contribution in [-0.4, -0.2) is 76.0 Å². The van der Waals surface area contributed by atoms with E-state index in [1.54, 1.807) is 6.07 Å². The van der Waals surface area contributed by atoms with Gasteiger partial charge in [-0.1, -0.05) is 6.07 Å². The van der Waals surface area contributed by atoms with Crippen LogP contribution in [0.2, 0.25) is 0 Å². The number of rotatable bonds is 6. The minimum absolute atomic E-state index is 0.0223. The topological polar surface area (TPSA) is 117 Å². The highest BCUT2D eigenvalue weighted by molar-refractivity contribution is 5.90. The molecule has 8 nitrogen and oxygen atoms in total. The van der Waals surface area contributed by atoms with Crippen LogP contribution < -0.4 is 9.47 Å². The third-order valence-electron chi connectivity index (χ3n) is 8.94. The van der Waals surface area contributed by atoms with E-state index in [0.717, 1.165) is 24.2 Å². The number of likely N-dealkylation sites (tertiary alicyclic amines) is 1. The van der Waals surface area contributed by atoms with E-state index in [4.69, 9.17) is 9.47 Å². The summed E-state index contributed by atoms with van der Waals surface area (Å²) in [6.07, 6.45) is 3.65. The first kappa shape index (κ1) is 21.5. The zero-order valence-corrected chi connectivity index (χ0v) is 18.9. The van der Waals surface area contributed by atoms with Crippen molar-refractivity contribution in [1.29, 1.82) is 0 Å². The van der Waals surface area contributed by atoms with Gasteiger partial charge in [0, 0.05) is 24.6 Å². The van der Waals surface area contributed by atoms with Gasteiger partial charge in [0.1, 0.15) is 5.41 Å². The van der Waals surface area contributed by atoms with Crippen LogP contribution in [0.3, 0.4) is 0 Å². The molecule has 2 aliphatic heterocycles. The summed E-state index contributed by atoms with van der Waals surface area (Å²) >= 11 is 0. The molecule has 6 rings (SSSR count). The Morgan fingerprint density at radius 3 is 2.73 bits per heavy atom. The highest BCUT2D eigenvalue weighted by atomic mass is 16.6. The third-order valence-corrected chi connectivity index (χ3v) is 8.94. The molecule has 3 fully saturated rings. The van der Waals surface area contributed by atoms with Crippen LogP contribution >= 0.6 is 0 Å². The van der Waals surface area contributed by atoms with Crippen LogP contribution in [0.5, 0.6) is 11.5 Å². The number of aliphatic hydroxyl groups excluding tert-OH is 2. The standard InChI is InChI=1S/C25H31NO7/c1-23(12-27,13-28)22(30)32-17-5-4-15-10-18-25(31)7-6-16(29)21-24(25,19(15)20(17)33-21)8-9-26(18)11-14-2-3-14/h4-5,14,18,21,27-28,31H,2-3,6-13H2,1H3/t18-,21+,24+,25-/m1/s1. The molecule has 3 aliphatic carbocycles. The molecule has 1 spiro atoms. The molecule has 178 valence electrons. The molecule has 4 atom stereocenters. The Balaban J connectivity index is 1.45. The van der Waals surface area contributed by atoms with E-state index >= 15 is 0 Å². The Labute approximate surface area is 192 Å². The second-order valence-corrected chi connectivity index (χ2v) is 11.0. The molecule has 0 aromatic heterocycles. The van der Waals surface area contributed by atoms with Crippen molar-refractivity contribution in [2.45, 2.75) is 68.6 Å². The minimum Gasteiger partial charge on any atom is -0.477 e. The molecule has 0 amide bonds. The number of hydrogen-bond donors (Lipinski definition) is 3. The molecule has 33 heavy (non-hydrogen) atoms. The number of piperidine rings is 1. The molecule has 0 radical (unpaired) electrons. The summed E-state index contributed by atoms with van der Waals surface area (Å²) in [5.41, 5.74) is -1.53. The van der Waals surface area contributed by atoms with Gasteiger partial charge in [-0.3, -0.25) is 14.5 Å². The van der Waals surface area contributed by atoms with E-state index in [1.807, 2.05) is 6.07 Å². The molecule has 8 heteroatoms. The second kappa shape index (κ2) is 7.01. The first-order chi connectivity index (χ1) is 15.8.